The maximum absolute atomic E-state index is 11.8. The number of carbonyl (C=O) groups is 1. The molecule has 0 spiro atoms. The first-order valence-electron chi connectivity index (χ1n) is 6.58. The van der Waals surface area contributed by atoms with E-state index in [2.05, 4.69) is 4.90 Å². The minimum atomic E-state index is -0.112. The van der Waals surface area contributed by atoms with Gasteiger partial charge in [0.15, 0.2) is 0 Å². The van der Waals surface area contributed by atoms with Gasteiger partial charge in [-0.1, -0.05) is 11.6 Å². The Morgan fingerprint density at radius 3 is 3.05 bits per heavy atom. The molecule has 1 aliphatic heterocycles. The highest BCUT2D eigenvalue weighted by Crippen LogP contribution is 2.31. The fourth-order valence-electron chi connectivity index (χ4n) is 2.43. The van der Waals surface area contributed by atoms with Gasteiger partial charge in [-0.05, 0) is 38.0 Å². The number of rotatable bonds is 3. The number of nitrogen functional groups attached to an aromatic ring is 1. The molecule has 0 aliphatic carbocycles. The average Bonchev–Trinajstić information content (AvgIpc) is 2.39. The van der Waals surface area contributed by atoms with E-state index in [0.717, 1.165) is 25.1 Å². The Labute approximate surface area is 118 Å². The van der Waals surface area contributed by atoms with Gasteiger partial charge in [-0.2, -0.15) is 0 Å². The van der Waals surface area contributed by atoms with Gasteiger partial charge in [0.2, 0.25) is 0 Å². The first-order valence-corrected chi connectivity index (χ1v) is 6.96. The number of hydrogen-bond donors (Lipinski definition) is 1. The summed E-state index contributed by atoms with van der Waals surface area (Å²) in [6, 6.07) is 5.48. The van der Waals surface area contributed by atoms with E-state index in [1.54, 1.807) is 6.07 Å². The van der Waals surface area contributed by atoms with Crippen molar-refractivity contribution in [3.63, 3.8) is 0 Å². The fraction of sp³-hybridized carbons (Fsp3) is 0.500. The predicted molar refractivity (Wildman–Crippen MR) is 77.4 cm³/mol. The third-order valence-electron chi connectivity index (χ3n) is 3.35. The fourth-order valence-corrected chi connectivity index (χ4v) is 2.74. The van der Waals surface area contributed by atoms with E-state index < -0.39 is 0 Å². The molecule has 19 heavy (non-hydrogen) atoms. The number of piperidine rings is 1. The lowest BCUT2D eigenvalue weighted by Gasteiger charge is -2.33. The van der Waals surface area contributed by atoms with E-state index >= 15 is 0 Å². The summed E-state index contributed by atoms with van der Waals surface area (Å²) >= 11 is 6.21. The van der Waals surface area contributed by atoms with Crippen molar-refractivity contribution >= 4 is 28.9 Å². The van der Waals surface area contributed by atoms with Crippen LogP contribution < -0.4 is 10.6 Å². The van der Waals surface area contributed by atoms with Gasteiger partial charge in [-0.15, -0.1) is 0 Å². The predicted octanol–water partition coefficient (Wildman–Crippen LogP) is 2.70. The van der Waals surface area contributed by atoms with Gasteiger partial charge in [-0.3, -0.25) is 4.79 Å². The van der Waals surface area contributed by atoms with Crippen LogP contribution >= 0.6 is 11.6 Å². The summed E-state index contributed by atoms with van der Waals surface area (Å²) in [7, 11) is 0. The second-order valence-corrected chi connectivity index (χ2v) is 5.16. The molecule has 5 heteroatoms. The molecule has 0 bridgehead atoms. The van der Waals surface area contributed by atoms with Crippen molar-refractivity contribution in [2.75, 3.05) is 30.3 Å². The summed E-state index contributed by atoms with van der Waals surface area (Å²) in [5, 5.41) is 0.629. The van der Waals surface area contributed by atoms with Gasteiger partial charge in [0.25, 0.3) is 0 Å². The molecule has 1 aliphatic rings. The Bertz CT molecular complexity index is 465. The van der Waals surface area contributed by atoms with Gasteiger partial charge in [0.05, 0.1) is 23.2 Å². The lowest BCUT2D eigenvalue weighted by molar-refractivity contribution is -0.148. The van der Waals surface area contributed by atoms with Crippen molar-refractivity contribution in [1.82, 2.24) is 0 Å². The first kappa shape index (κ1) is 14.0. The molecule has 4 nitrogen and oxygen atoms in total. The van der Waals surface area contributed by atoms with Crippen LogP contribution in [0, 0.1) is 5.92 Å². The molecule has 1 fully saturated rings. The molecule has 1 aromatic rings. The zero-order valence-electron chi connectivity index (χ0n) is 11.1. The molecule has 1 saturated heterocycles. The number of benzene rings is 1. The number of esters is 1. The summed E-state index contributed by atoms with van der Waals surface area (Å²) in [5.74, 6) is -0.180. The smallest absolute Gasteiger partial charge is 0.310 e. The monoisotopic (exact) mass is 282 g/mol. The number of nitrogens with zero attached hydrogens (tertiary/aromatic N) is 1. The van der Waals surface area contributed by atoms with Crippen LogP contribution in [0.5, 0.6) is 0 Å². The van der Waals surface area contributed by atoms with E-state index in [-0.39, 0.29) is 11.9 Å². The molecule has 104 valence electrons. The zero-order valence-corrected chi connectivity index (χ0v) is 11.8. The van der Waals surface area contributed by atoms with Crippen LogP contribution in [-0.4, -0.2) is 25.7 Å². The SMILES string of the molecule is CCOC(=O)C1CCCN(c2ccc(N)cc2Cl)C1. The third-order valence-corrected chi connectivity index (χ3v) is 3.66. The topological polar surface area (TPSA) is 55.6 Å². The van der Waals surface area contributed by atoms with Crippen LogP contribution in [-0.2, 0) is 9.53 Å². The molecule has 1 heterocycles. The normalized spacial score (nSPS) is 19.3. The minimum absolute atomic E-state index is 0.0673. The van der Waals surface area contributed by atoms with Crippen LogP contribution in [0.4, 0.5) is 11.4 Å². The first-order chi connectivity index (χ1) is 9.11. The Balaban J connectivity index is 2.10. The Morgan fingerprint density at radius 2 is 2.37 bits per heavy atom. The van der Waals surface area contributed by atoms with Gasteiger partial charge in [0, 0.05) is 18.8 Å². The van der Waals surface area contributed by atoms with Crippen LogP contribution in [0.3, 0.4) is 0 Å². The van der Waals surface area contributed by atoms with Crippen LogP contribution in [0.15, 0.2) is 18.2 Å². The number of halogens is 1. The number of carbonyl (C=O) groups excluding carboxylic acids is 1. The number of anilines is 2. The summed E-state index contributed by atoms with van der Waals surface area (Å²) in [6.07, 6.45) is 1.84. The molecule has 2 rings (SSSR count). The van der Waals surface area contributed by atoms with Gasteiger partial charge in [0.1, 0.15) is 0 Å². The van der Waals surface area contributed by atoms with Gasteiger partial charge in [-0.25, -0.2) is 0 Å². The molecular formula is C14H19ClN2O2. The summed E-state index contributed by atoms with van der Waals surface area (Å²) in [4.78, 5) is 13.9. The minimum Gasteiger partial charge on any atom is -0.466 e. The molecule has 1 aromatic carbocycles. The van der Waals surface area contributed by atoms with Crippen LogP contribution in [0.2, 0.25) is 5.02 Å². The summed E-state index contributed by atoms with van der Waals surface area (Å²) in [5.41, 5.74) is 7.28. The highest BCUT2D eigenvalue weighted by molar-refractivity contribution is 6.33. The highest BCUT2D eigenvalue weighted by atomic mass is 35.5. The average molecular weight is 283 g/mol. The van der Waals surface area contributed by atoms with E-state index in [9.17, 15) is 4.79 Å². The van der Waals surface area contributed by atoms with Crippen LogP contribution in [0.25, 0.3) is 0 Å². The summed E-state index contributed by atoms with van der Waals surface area (Å²) < 4.78 is 5.10. The van der Waals surface area contributed by atoms with Gasteiger partial charge >= 0.3 is 5.97 Å². The van der Waals surface area contributed by atoms with Crippen molar-refractivity contribution in [3.8, 4) is 0 Å². The van der Waals surface area contributed by atoms with E-state index in [1.165, 1.54) is 0 Å². The van der Waals surface area contributed by atoms with Crippen molar-refractivity contribution < 1.29 is 9.53 Å². The lowest BCUT2D eigenvalue weighted by atomic mass is 9.97. The van der Waals surface area contributed by atoms with E-state index in [0.29, 0.717) is 23.9 Å². The number of ether oxygens (including phenoxy) is 1. The number of nitrogens with two attached hydrogens (primary N) is 1. The van der Waals surface area contributed by atoms with E-state index in [4.69, 9.17) is 22.1 Å². The molecule has 1 unspecified atom stereocenters. The molecule has 0 aromatic heterocycles. The number of hydrogen-bond acceptors (Lipinski definition) is 4. The summed E-state index contributed by atoms with van der Waals surface area (Å²) in [6.45, 7) is 3.81. The van der Waals surface area contributed by atoms with Crippen molar-refractivity contribution in [2.45, 2.75) is 19.8 Å². The maximum atomic E-state index is 11.8. The quantitative estimate of drug-likeness (QED) is 0.684. The zero-order chi connectivity index (χ0) is 13.8. The lowest BCUT2D eigenvalue weighted by Crippen LogP contribution is -2.39. The maximum Gasteiger partial charge on any atom is 0.310 e. The third kappa shape index (κ3) is 3.32. The van der Waals surface area contributed by atoms with Crippen molar-refractivity contribution in [3.05, 3.63) is 23.2 Å². The standard InChI is InChI=1S/C14H19ClN2O2/c1-2-19-14(18)10-4-3-7-17(9-10)13-6-5-11(16)8-12(13)15/h5-6,8,10H,2-4,7,9,16H2,1H3. The Kier molecular flexibility index (Phi) is 4.53. The molecule has 1 atom stereocenters. The Morgan fingerprint density at radius 1 is 1.58 bits per heavy atom. The van der Waals surface area contributed by atoms with E-state index in [1.807, 2.05) is 19.1 Å². The molecule has 0 saturated carbocycles. The Hall–Kier alpha value is -1.42. The largest absolute Gasteiger partial charge is 0.466 e. The molecule has 0 amide bonds. The van der Waals surface area contributed by atoms with Crippen molar-refractivity contribution in [1.29, 1.82) is 0 Å². The molecular weight excluding hydrogens is 264 g/mol. The van der Waals surface area contributed by atoms with Crippen LogP contribution in [0.1, 0.15) is 19.8 Å². The second kappa shape index (κ2) is 6.15. The molecule has 0 radical (unpaired) electrons. The van der Waals surface area contributed by atoms with Crippen molar-refractivity contribution in [2.24, 2.45) is 5.92 Å². The second-order valence-electron chi connectivity index (χ2n) is 4.75. The van der Waals surface area contributed by atoms with Gasteiger partial charge < -0.3 is 15.4 Å². The highest BCUT2D eigenvalue weighted by Gasteiger charge is 2.27. The molecule has 2 N–H and O–H groups in total.